The van der Waals surface area contributed by atoms with Crippen molar-refractivity contribution < 1.29 is 0 Å². The van der Waals surface area contributed by atoms with E-state index in [4.69, 9.17) is 19.9 Å². The van der Waals surface area contributed by atoms with Gasteiger partial charge in [0.15, 0.2) is 27.8 Å². The Balaban J connectivity index is 0.000000138. The van der Waals surface area contributed by atoms with Crippen LogP contribution in [0, 0.1) is 0 Å². The molecule has 0 fully saturated rings. The van der Waals surface area contributed by atoms with Crippen LogP contribution in [0.3, 0.4) is 0 Å². The summed E-state index contributed by atoms with van der Waals surface area (Å²) in [6, 6.07) is 157. The fraction of sp³-hybridized carbons (Fsp3) is 0.0265. The third kappa shape index (κ3) is 10.3. The predicted molar refractivity (Wildman–Crippen MR) is 512 cm³/mol. The molecule has 0 N–H and O–H groups in total. The first kappa shape index (κ1) is 70.9. The highest BCUT2D eigenvalue weighted by molar-refractivity contribution is 7.23. The van der Waals surface area contributed by atoms with Gasteiger partial charge in [0, 0.05) is 87.2 Å². The van der Waals surface area contributed by atoms with Crippen molar-refractivity contribution in [2.24, 2.45) is 0 Å². The lowest BCUT2D eigenvalue weighted by Crippen LogP contribution is -2.73. The molecular weight excluding hydrogens is 1510 g/mol. The van der Waals surface area contributed by atoms with Crippen molar-refractivity contribution in [3.63, 3.8) is 0 Å². The summed E-state index contributed by atoms with van der Waals surface area (Å²) in [7, 11) is -5.82. The van der Waals surface area contributed by atoms with E-state index in [0.717, 1.165) is 78.9 Å². The van der Waals surface area contributed by atoms with E-state index in [1.54, 1.807) is 0 Å². The van der Waals surface area contributed by atoms with E-state index in [1.165, 1.54) is 129 Å². The minimum Gasteiger partial charge on any atom is -0.309 e. The summed E-state index contributed by atoms with van der Waals surface area (Å²) in [6.07, 6.45) is 0. The molecule has 0 amide bonds. The summed E-state index contributed by atoms with van der Waals surface area (Å²) in [5.74, 6) is 1.43. The molecule has 22 aromatic rings. The number of hydrogen-bond acceptors (Lipinski definition) is 4. The summed E-state index contributed by atoms with van der Waals surface area (Å²) in [6.45, 7) is 4.72. The Bertz CT molecular complexity index is 7880. The van der Waals surface area contributed by atoms with Gasteiger partial charge in [-0.2, -0.15) is 0 Å². The molecule has 9 heteroatoms. The van der Waals surface area contributed by atoms with Gasteiger partial charge in [0.25, 0.3) is 0 Å². The zero-order valence-corrected chi connectivity index (χ0v) is 69.1. The van der Waals surface area contributed by atoms with Crippen molar-refractivity contribution in [1.82, 2.24) is 33.6 Å². The number of para-hydroxylation sites is 6. The Morgan fingerprint density at radius 2 is 0.541 bits per heavy atom. The van der Waals surface area contributed by atoms with Crippen LogP contribution in [0.15, 0.2) is 431 Å². The van der Waals surface area contributed by atoms with E-state index < -0.39 is 16.1 Å². The second kappa shape index (κ2) is 27.9. The van der Waals surface area contributed by atoms with Gasteiger partial charge in [0.05, 0.1) is 67.3 Å². The average molecular weight is 1590 g/mol. The van der Waals surface area contributed by atoms with Crippen LogP contribution >= 0.6 is 0 Å². The monoisotopic (exact) mass is 1590 g/mol. The number of fused-ring (bicyclic) bond motifs is 20. The van der Waals surface area contributed by atoms with Gasteiger partial charge >= 0.3 is 0 Å². The van der Waals surface area contributed by atoms with E-state index in [9.17, 15) is 0 Å². The van der Waals surface area contributed by atoms with Crippen molar-refractivity contribution in [1.29, 1.82) is 0 Å². The molecule has 1 aliphatic carbocycles. The van der Waals surface area contributed by atoms with Gasteiger partial charge in [-0.3, -0.25) is 0 Å². The molecule has 17 aromatic carbocycles. The molecule has 0 unspecified atom stereocenters. The molecule has 0 saturated heterocycles. The number of nitrogens with zero attached hydrogens (tertiary/aromatic N) is 7. The molecule has 0 radical (unpaired) electrons. The van der Waals surface area contributed by atoms with Crippen molar-refractivity contribution in [3.8, 4) is 96.0 Å². The van der Waals surface area contributed by atoms with Crippen molar-refractivity contribution in [2.75, 3.05) is 0 Å². The van der Waals surface area contributed by atoms with E-state index in [2.05, 4.69) is 458 Å². The lowest BCUT2D eigenvalue weighted by molar-refractivity contribution is 0.661. The zero-order valence-electron chi connectivity index (χ0n) is 67.1. The fourth-order valence-electron chi connectivity index (χ4n) is 21.3. The molecule has 572 valence electrons. The molecule has 0 saturated carbocycles. The normalized spacial score (nSPS) is 13.5. The highest BCUT2D eigenvalue weighted by Gasteiger charge is 2.54. The summed E-state index contributed by atoms with van der Waals surface area (Å²) in [4.78, 5) is 23.0. The molecule has 7 nitrogen and oxygen atoms in total. The van der Waals surface area contributed by atoms with Gasteiger partial charge in [0.1, 0.15) is 0 Å². The average Bonchev–Trinajstić information content (AvgIpc) is 1.52. The van der Waals surface area contributed by atoms with E-state index in [-0.39, 0.29) is 5.41 Å². The first-order valence-electron chi connectivity index (χ1n) is 42.1. The van der Waals surface area contributed by atoms with Crippen LogP contribution in [0.1, 0.15) is 25.0 Å². The number of aromatic nitrogens is 7. The van der Waals surface area contributed by atoms with Crippen LogP contribution < -0.4 is 41.5 Å². The second-order valence-electron chi connectivity index (χ2n) is 32.9. The van der Waals surface area contributed by atoms with E-state index in [0.29, 0.717) is 5.82 Å². The topological polar surface area (TPSA) is 66.3 Å². The van der Waals surface area contributed by atoms with Gasteiger partial charge < -0.3 is 13.7 Å². The molecule has 7 heterocycles. The molecule has 3 aliphatic rings. The first-order valence-corrected chi connectivity index (χ1v) is 46.1. The molecule has 5 aromatic heterocycles. The maximum atomic E-state index is 5.78. The Kier molecular flexibility index (Phi) is 16.2. The van der Waals surface area contributed by atoms with Gasteiger partial charge in [-0.15, -0.1) is 0 Å². The van der Waals surface area contributed by atoms with Crippen LogP contribution in [-0.2, 0) is 5.41 Å². The quantitative estimate of drug-likeness (QED) is 0.121. The molecule has 2 aliphatic heterocycles. The molecule has 0 atom stereocenters. The fourth-order valence-corrected chi connectivity index (χ4v) is 31.8. The molecule has 0 spiro atoms. The third-order valence-corrected chi connectivity index (χ3v) is 36.0. The van der Waals surface area contributed by atoms with Crippen LogP contribution in [0.25, 0.3) is 161 Å². The van der Waals surface area contributed by atoms with Crippen molar-refractivity contribution in [2.45, 2.75) is 19.3 Å². The molecule has 25 rings (SSSR count). The highest BCUT2D eigenvalue weighted by Crippen LogP contribution is 2.54. The minimum absolute atomic E-state index is 0.0956. The first-order chi connectivity index (χ1) is 60.4. The van der Waals surface area contributed by atoms with Crippen LogP contribution in [0.2, 0.25) is 0 Å². The van der Waals surface area contributed by atoms with Gasteiger partial charge in [-0.05, 0) is 126 Å². The van der Waals surface area contributed by atoms with Crippen molar-refractivity contribution >= 4 is 123 Å². The van der Waals surface area contributed by atoms with Crippen LogP contribution in [0.5, 0.6) is 0 Å². The maximum absolute atomic E-state index is 5.78. The number of benzene rings is 17. The smallest absolute Gasteiger partial charge is 0.185 e. The Hall–Kier alpha value is -15.3. The van der Waals surface area contributed by atoms with Gasteiger partial charge in [-0.25, -0.2) is 19.9 Å². The third-order valence-electron chi connectivity index (χ3n) is 26.3. The molecule has 122 heavy (non-hydrogen) atoms. The summed E-state index contributed by atoms with van der Waals surface area (Å²) < 4.78 is 7.29. The van der Waals surface area contributed by atoms with E-state index in [1.807, 2.05) is 0 Å². The Morgan fingerprint density at radius 3 is 0.984 bits per heavy atom. The minimum atomic E-state index is -2.92. The SMILES string of the molecule is CC1(C)c2ccccc2-c2c1ccc1c2c2ccccc2n1-c1ccccc1-c1nc(-c2ccccc2)c2c(n1)-c1ccccc1[Si]2(c1ccccc1)c1ccccc1.c1ccc(-c2nc(-c3ccccc3-n3c4ccccc4c4c5c6ccccc6n(-c6ccccc6)c5ccc43)nc3c2[Si](c2ccccc2)(c2ccccc2)c2ccccc2-3)cc1. The highest BCUT2D eigenvalue weighted by atomic mass is 28.3. The van der Waals surface area contributed by atoms with Crippen LogP contribution in [0.4, 0.5) is 0 Å². The largest absolute Gasteiger partial charge is 0.309 e. The number of hydrogen-bond donors (Lipinski definition) is 0. The predicted octanol–water partition coefficient (Wildman–Crippen LogP) is 21.9. The standard InChI is InChI=1S/C58H38N4Si.C55H39N3Si/c1-5-21-39(22-6-1)55-57-56(46-32-16-20-36-52(46)63(57,41-25-9-3-10-26-41)42-27-11-4-12-28-42)60-58(59-55)45-31-15-19-35-49(45)62-48-34-18-14-30-44(48)54-51(62)38-37-50-53(54)43-29-13-17-33-47(43)61(50)40-23-7-2-8-24-40;1-55(2)43-30-16-12-26-39(43)49-44(55)34-35-47-50(49)40-27-13-17-31-45(40)58(47)46-32-18-14-28-41(46)54-56-51(36-20-6-3-7-21-36)53-52(57-54)42-29-15-19-33-48(42)59(53,37-22-8-4-9-23-37)38-24-10-5-11-25-38/h1-38H;3-35H,1-2H3. The summed E-state index contributed by atoms with van der Waals surface area (Å²) >= 11 is 0. The van der Waals surface area contributed by atoms with Crippen molar-refractivity contribution in [3.05, 3.63) is 442 Å². The summed E-state index contributed by atoms with van der Waals surface area (Å²) in [5.41, 5.74) is 26.1. The lowest BCUT2D eigenvalue weighted by atomic mass is 9.82. The lowest BCUT2D eigenvalue weighted by Gasteiger charge is -2.32. The van der Waals surface area contributed by atoms with Gasteiger partial charge in [0.2, 0.25) is 0 Å². The molecular formula is C113H77N7Si2. The van der Waals surface area contributed by atoms with Gasteiger partial charge in [-0.1, -0.05) is 372 Å². The van der Waals surface area contributed by atoms with Crippen LogP contribution in [-0.4, -0.2) is 49.8 Å². The zero-order chi connectivity index (χ0) is 80.8. The Morgan fingerprint density at radius 1 is 0.230 bits per heavy atom. The molecule has 0 bridgehead atoms. The summed E-state index contributed by atoms with van der Waals surface area (Å²) in [5, 5.41) is 17.9. The number of rotatable bonds is 11. The van der Waals surface area contributed by atoms with E-state index >= 15 is 0 Å². The Labute approximate surface area is 708 Å². The second-order valence-corrected chi connectivity index (χ2v) is 40.2. The maximum Gasteiger partial charge on any atom is 0.185 e.